The van der Waals surface area contributed by atoms with E-state index in [-0.39, 0.29) is 0 Å². The van der Waals surface area contributed by atoms with Gasteiger partial charge in [-0.15, -0.1) is 5.10 Å². The van der Waals surface area contributed by atoms with Crippen molar-refractivity contribution in [2.75, 3.05) is 0 Å². The van der Waals surface area contributed by atoms with Gasteiger partial charge in [-0.2, -0.15) is 5.26 Å². The van der Waals surface area contributed by atoms with Crippen molar-refractivity contribution in [3.63, 3.8) is 0 Å². The molecule has 19 heavy (non-hydrogen) atoms. The Kier molecular flexibility index (Phi) is 2.57. The van der Waals surface area contributed by atoms with Gasteiger partial charge in [-0.1, -0.05) is 0 Å². The third-order valence-corrected chi connectivity index (χ3v) is 5.65. The smallest absolute Gasteiger partial charge is 0.165 e. The van der Waals surface area contributed by atoms with Gasteiger partial charge in [0.25, 0.3) is 0 Å². The second kappa shape index (κ2) is 4.29. The van der Waals surface area contributed by atoms with E-state index in [0.29, 0.717) is 6.42 Å². The van der Waals surface area contributed by atoms with Gasteiger partial charge in [0.2, 0.25) is 0 Å². The highest BCUT2D eigenvalue weighted by molar-refractivity contribution is 4.99. The summed E-state index contributed by atoms with van der Waals surface area (Å²) < 4.78 is 1.89. The Balaban J connectivity index is 1.54. The van der Waals surface area contributed by atoms with E-state index in [0.717, 1.165) is 42.0 Å². The highest BCUT2D eigenvalue weighted by atomic mass is 15.5. The minimum atomic E-state index is 0.320. The van der Waals surface area contributed by atoms with Crippen LogP contribution in [0.15, 0.2) is 0 Å². The van der Waals surface area contributed by atoms with Gasteiger partial charge in [0, 0.05) is 6.54 Å². The Morgan fingerprint density at radius 1 is 1.11 bits per heavy atom. The van der Waals surface area contributed by atoms with Gasteiger partial charge in [0.05, 0.1) is 12.5 Å². The zero-order chi connectivity index (χ0) is 12.8. The van der Waals surface area contributed by atoms with Gasteiger partial charge in [0.15, 0.2) is 5.82 Å². The minimum absolute atomic E-state index is 0.320. The third kappa shape index (κ3) is 1.85. The first kappa shape index (κ1) is 11.4. The van der Waals surface area contributed by atoms with Crippen LogP contribution in [0.5, 0.6) is 0 Å². The number of tetrazole rings is 1. The molecule has 4 aliphatic rings. The van der Waals surface area contributed by atoms with Gasteiger partial charge in [-0.3, -0.25) is 0 Å². The van der Waals surface area contributed by atoms with Crippen LogP contribution < -0.4 is 0 Å². The Morgan fingerprint density at radius 2 is 1.79 bits per heavy atom. The summed E-state index contributed by atoms with van der Waals surface area (Å²) in [5, 5.41) is 20.6. The predicted molar refractivity (Wildman–Crippen MR) is 67.7 cm³/mol. The summed E-state index contributed by atoms with van der Waals surface area (Å²) >= 11 is 0. The molecule has 1 aromatic heterocycles. The summed E-state index contributed by atoms with van der Waals surface area (Å²) in [4.78, 5) is 0. The molecular formula is C14H19N5. The minimum Gasteiger partial charge on any atom is -0.228 e. The molecule has 5 heteroatoms. The van der Waals surface area contributed by atoms with Crippen LogP contribution in [0.4, 0.5) is 0 Å². The maximum atomic E-state index is 8.81. The Bertz CT molecular complexity index is 486. The van der Waals surface area contributed by atoms with Gasteiger partial charge in [0.1, 0.15) is 0 Å². The van der Waals surface area contributed by atoms with E-state index < -0.39 is 0 Å². The molecule has 0 N–H and O–H groups in total. The zero-order valence-corrected chi connectivity index (χ0v) is 11.1. The van der Waals surface area contributed by atoms with Crippen molar-refractivity contribution in [2.24, 2.45) is 29.6 Å². The molecule has 0 spiro atoms. The maximum absolute atomic E-state index is 8.81. The second-order valence-electron chi connectivity index (χ2n) is 6.71. The van der Waals surface area contributed by atoms with E-state index in [1.807, 2.05) is 4.68 Å². The van der Waals surface area contributed by atoms with E-state index in [1.165, 1.54) is 32.1 Å². The van der Waals surface area contributed by atoms with Crippen LogP contribution in [-0.4, -0.2) is 20.2 Å². The molecule has 5 rings (SSSR count). The first-order valence-electron chi connectivity index (χ1n) is 7.45. The second-order valence-corrected chi connectivity index (χ2v) is 6.71. The van der Waals surface area contributed by atoms with Crippen molar-refractivity contribution in [2.45, 2.75) is 45.1 Å². The normalized spacial score (nSPS) is 39.4. The topological polar surface area (TPSA) is 67.4 Å². The average molecular weight is 257 g/mol. The van der Waals surface area contributed by atoms with Crippen LogP contribution in [0.1, 0.15) is 37.9 Å². The summed E-state index contributed by atoms with van der Waals surface area (Å²) in [6.07, 6.45) is 7.51. The largest absolute Gasteiger partial charge is 0.228 e. The highest BCUT2D eigenvalue weighted by Gasteiger charge is 2.48. The van der Waals surface area contributed by atoms with E-state index in [4.69, 9.17) is 5.26 Å². The van der Waals surface area contributed by atoms with Crippen LogP contribution >= 0.6 is 0 Å². The van der Waals surface area contributed by atoms with Crippen molar-refractivity contribution in [3.8, 4) is 6.07 Å². The van der Waals surface area contributed by atoms with Crippen LogP contribution in [0.25, 0.3) is 0 Å². The number of rotatable bonds is 3. The fraction of sp³-hybridized carbons (Fsp3) is 0.857. The average Bonchev–Trinajstić information content (AvgIpc) is 2.81. The molecule has 0 aromatic carbocycles. The molecule has 100 valence electrons. The summed E-state index contributed by atoms with van der Waals surface area (Å²) in [5.41, 5.74) is 0. The number of nitriles is 1. The first-order valence-corrected chi connectivity index (χ1v) is 7.45. The molecule has 5 nitrogen and oxygen atoms in total. The van der Waals surface area contributed by atoms with Crippen molar-refractivity contribution in [1.29, 1.82) is 5.26 Å². The lowest BCUT2D eigenvalue weighted by atomic mass is 9.52. The molecule has 0 radical (unpaired) electrons. The van der Waals surface area contributed by atoms with Gasteiger partial charge in [-0.25, -0.2) is 4.68 Å². The van der Waals surface area contributed by atoms with Crippen molar-refractivity contribution < 1.29 is 0 Å². The number of nitrogens with zero attached hydrogens (tertiary/aromatic N) is 5. The lowest BCUT2D eigenvalue weighted by molar-refractivity contribution is -0.0446. The summed E-state index contributed by atoms with van der Waals surface area (Å²) in [5.74, 6) is 5.26. The molecule has 0 atom stereocenters. The SMILES string of the molecule is N#CCc1nnnn1CC1C2CC3CC(C2)CC1C3. The predicted octanol–water partition coefficient (Wildman–Crippen LogP) is 1.81. The Labute approximate surface area is 113 Å². The van der Waals surface area contributed by atoms with Crippen molar-refractivity contribution in [1.82, 2.24) is 20.2 Å². The summed E-state index contributed by atoms with van der Waals surface area (Å²) in [6, 6.07) is 2.15. The molecule has 0 unspecified atom stereocenters. The van der Waals surface area contributed by atoms with Gasteiger partial charge >= 0.3 is 0 Å². The first-order chi connectivity index (χ1) is 9.33. The molecule has 0 aliphatic heterocycles. The molecule has 4 saturated carbocycles. The molecule has 1 heterocycles. The summed E-state index contributed by atoms with van der Waals surface area (Å²) in [6.45, 7) is 0.929. The quantitative estimate of drug-likeness (QED) is 0.828. The lowest BCUT2D eigenvalue weighted by Crippen LogP contribution is -2.46. The fourth-order valence-corrected chi connectivity index (χ4v) is 5.10. The Morgan fingerprint density at radius 3 is 2.42 bits per heavy atom. The van der Waals surface area contributed by atoms with E-state index in [1.54, 1.807) is 0 Å². The van der Waals surface area contributed by atoms with E-state index in [9.17, 15) is 0 Å². The molecule has 4 bridgehead atoms. The van der Waals surface area contributed by atoms with E-state index in [2.05, 4.69) is 21.6 Å². The number of hydrogen-bond acceptors (Lipinski definition) is 4. The number of aromatic nitrogens is 4. The number of hydrogen-bond donors (Lipinski definition) is 0. The van der Waals surface area contributed by atoms with Crippen LogP contribution in [0.3, 0.4) is 0 Å². The zero-order valence-electron chi connectivity index (χ0n) is 11.1. The van der Waals surface area contributed by atoms with Crippen LogP contribution in [-0.2, 0) is 13.0 Å². The maximum Gasteiger partial charge on any atom is 0.165 e. The van der Waals surface area contributed by atoms with Crippen molar-refractivity contribution >= 4 is 0 Å². The fourth-order valence-electron chi connectivity index (χ4n) is 5.10. The molecule has 1 aromatic rings. The van der Waals surface area contributed by atoms with Crippen molar-refractivity contribution in [3.05, 3.63) is 5.82 Å². The van der Waals surface area contributed by atoms with E-state index >= 15 is 0 Å². The van der Waals surface area contributed by atoms with Crippen LogP contribution in [0, 0.1) is 40.9 Å². The molecule has 0 amide bonds. The van der Waals surface area contributed by atoms with Gasteiger partial charge < -0.3 is 0 Å². The van der Waals surface area contributed by atoms with Gasteiger partial charge in [-0.05, 0) is 72.1 Å². The molecule has 0 saturated heterocycles. The molecule has 4 aliphatic carbocycles. The highest BCUT2D eigenvalue weighted by Crippen LogP contribution is 2.56. The summed E-state index contributed by atoms with van der Waals surface area (Å²) in [7, 11) is 0. The Hall–Kier alpha value is -1.44. The standard InChI is InChI=1S/C14H19N5/c15-2-1-14-16-17-18-19(14)8-13-11-4-9-3-10(6-11)7-12(13)5-9/h9-13H,1,3-8H2. The third-order valence-electron chi connectivity index (χ3n) is 5.65. The lowest BCUT2D eigenvalue weighted by Gasteiger charge is -2.54. The molecule has 4 fully saturated rings. The monoisotopic (exact) mass is 257 g/mol. The molecular weight excluding hydrogens is 238 g/mol. The van der Waals surface area contributed by atoms with Crippen LogP contribution in [0.2, 0.25) is 0 Å².